The van der Waals surface area contributed by atoms with Gasteiger partial charge in [0.2, 0.25) is 0 Å². The first kappa shape index (κ1) is 43.5. The van der Waals surface area contributed by atoms with Gasteiger partial charge in [0, 0.05) is 44.6 Å². The molecule has 0 aliphatic rings. The molecular formula is C12H35N3O10. The third kappa shape index (κ3) is 44.9. The molecule has 0 aliphatic heterocycles. The van der Waals surface area contributed by atoms with Crippen molar-refractivity contribution in [2.45, 2.75) is 39.2 Å². The molecule has 0 atom stereocenters. The molecule has 0 heterocycles. The largest absolute Gasteiger partial charge is 0.550 e. The van der Waals surface area contributed by atoms with E-state index in [-0.39, 0.29) is 38.3 Å². The van der Waals surface area contributed by atoms with E-state index in [0.29, 0.717) is 0 Å². The maximum absolute atomic E-state index is 10.1. The minimum atomic E-state index is -2.97. The highest BCUT2D eigenvalue weighted by molar-refractivity contribution is 5.86. The Morgan fingerprint density at radius 3 is 0.960 bits per heavy atom. The fraction of sp³-hybridized carbons (Fsp3) is 0.750. The molecule has 0 fully saturated rings. The molecule has 0 saturated carbocycles. The molecule has 0 aliphatic carbocycles. The SMILES string of the molecule is CCO.CCO.CCO.O=C([O-])CC(O)(CC(=O)[O-])C(=O)[O-].[NH4+].[NH4+].[NH4+]. The Hall–Kier alpha value is -1.87. The van der Waals surface area contributed by atoms with Crippen LogP contribution in [0.15, 0.2) is 0 Å². The van der Waals surface area contributed by atoms with Gasteiger partial charge in [0.05, 0.1) is 5.97 Å². The molecule has 158 valence electrons. The number of hydrogen-bond acceptors (Lipinski definition) is 10. The zero-order chi connectivity index (χ0) is 18.8. The van der Waals surface area contributed by atoms with E-state index in [1.54, 1.807) is 20.8 Å². The number of quaternary nitrogens is 3. The number of carboxylic acids is 3. The normalized spacial score (nSPS) is 7.80. The Balaban J connectivity index is -0.0000000458. The van der Waals surface area contributed by atoms with Gasteiger partial charge in [-0.15, -0.1) is 0 Å². The molecule has 0 rings (SSSR count). The van der Waals surface area contributed by atoms with Crippen molar-refractivity contribution in [3.8, 4) is 0 Å². The van der Waals surface area contributed by atoms with Crippen molar-refractivity contribution in [3.63, 3.8) is 0 Å². The van der Waals surface area contributed by atoms with Crippen molar-refractivity contribution >= 4 is 17.9 Å². The fourth-order valence-electron chi connectivity index (χ4n) is 0.684. The predicted molar refractivity (Wildman–Crippen MR) is 85.4 cm³/mol. The standard InChI is InChI=1S/C6H8O7.3C2H6O.3H3N/c7-3(8)1-6(13,5(11)12)2-4(9)10;3*1-2-3;;;/h13H,1-2H2,(H,7,8)(H,9,10)(H,11,12);3*3H,2H2,1H3;3*1H3. The molecule has 13 nitrogen and oxygen atoms in total. The number of aliphatic hydroxyl groups is 4. The smallest absolute Gasteiger partial charge is 0.114 e. The Bertz CT molecular complexity index is 282. The Labute approximate surface area is 146 Å². The molecule has 0 radical (unpaired) electrons. The molecule has 0 unspecified atom stereocenters. The molecule has 0 saturated heterocycles. The first-order chi connectivity index (χ1) is 10.0. The van der Waals surface area contributed by atoms with Gasteiger partial charge < -0.3 is 68.6 Å². The molecule has 25 heavy (non-hydrogen) atoms. The van der Waals surface area contributed by atoms with Crippen molar-refractivity contribution in [3.05, 3.63) is 0 Å². The second kappa shape index (κ2) is 30.1. The summed E-state index contributed by atoms with van der Waals surface area (Å²) in [4.78, 5) is 30.0. The van der Waals surface area contributed by atoms with Crippen LogP contribution in [0, 0.1) is 0 Å². The quantitative estimate of drug-likeness (QED) is 0.241. The van der Waals surface area contributed by atoms with Crippen LogP contribution in [-0.4, -0.2) is 63.8 Å². The van der Waals surface area contributed by atoms with E-state index < -0.39 is 36.4 Å². The lowest BCUT2D eigenvalue weighted by Gasteiger charge is -2.29. The molecule has 0 aromatic rings. The molecule has 16 N–H and O–H groups in total. The van der Waals surface area contributed by atoms with E-state index in [9.17, 15) is 29.7 Å². The molecular weight excluding hydrogens is 346 g/mol. The van der Waals surface area contributed by atoms with Gasteiger partial charge in [-0.3, -0.25) is 0 Å². The minimum Gasteiger partial charge on any atom is -0.550 e. The summed E-state index contributed by atoms with van der Waals surface area (Å²) < 4.78 is 0. The number of hydrogen-bond donors (Lipinski definition) is 7. The van der Waals surface area contributed by atoms with Crippen LogP contribution in [0.4, 0.5) is 0 Å². The maximum Gasteiger partial charge on any atom is 0.114 e. The second-order valence-corrected chi connectivity index (χ2v) is 3.37. The van der Waals surface area contributed by atoms with E-state index in [0.717, 1.165) is 0 Å². The van der Waals surface area contributed by atoms with Gasteiger partial charge in [-0.1, -0.05) is 0 Å². The summed E-state index contributed by atoms with van der Waals surface area (Å²) in [7, 11) is 0. The van der Waals surface area contributed by atoms with Gasteiger partial charge in [-0.25, -0.2) is 0 Å². The highest BCUT2D eigenvalue weighted by Crippen LogP contribution is 2.13. The van der Waals surface area contributed by atoms with E-state index in [1.807, 2.05) is 0 Å². The zero-order valence-electron chi connectivity index (χ0n) is 15.8. The van der Waals surface area contributed by atoms with Crippen LogP contribution in [0.25, 0.3) is 0 Å². The lowest BCUT2D eigenvalue weighted by atomic mass is 9.96. The second-order valence-electron chi connectivity index (χ2n) is 3.37. The highest BCUT2D eigenvalue weighted by Gasteiger charge is 2.29. The molecule has 0 spiro atoms. The Morgan fingerprint density at radius 1 is 0.720 bits per heavy atom. The molecule has 0 aromatic carbocycles. The van der Waals surface area contributed by atoms with Crippen LogP contribution in [-0.2, 0) is 14.4 Å². The van der Waals surface area contributed by atoms with E-state index >= 15 is 0 Å². The van der Waals surface area contributed by atoms with Crippen LogP contribution in [0.1, 0.15) is 33.6 Å². The van der Waals surface area contributed by atoms with Crippen molar-refractivity contribution in [2.75, 3.05) is 19.8 Å². The van der Waals surface area contributed by atoms with Gasteiger partial charge in [-0.05, 0) is 20.8 Å². The number of carbonyl (C=O) groups is 3. The van der Waals surface area contributed by atoms with Gasteiger partial charge in [0.15, 0.2) is 0 Å². The first-order valence-corrected chi connectivity index (χ1v) is 6.18. The summed E-state index contributed by atoms with van der Waals surface area (Å²) in [6.45, 7) is 5.79. The number of carbonyl (C=O) groups excluding carboxylic acids is 3. The van der Waals surface area contributed by atoms with Gasteiger partial charge >= 0.3 is 0 Å². The lowest BCUT2D eigenvalue weighted by molar-refractivity contribution is -0.339. The summed E-state index contributed by atoms with van der Waals surface area (Å²) in [6, 6.07) is 0. The predicted octanol–water partition coefficient (Wildman–Crippen LogP) is -4.13. The van der Waals surface area contributed by atoms with Crippen molar-refractivity contribution in [1.82, 2.24) is 18.5 Å². The van der Waals surface area contributed by atoms with Crippen LogP contribution in [0.2, 0.25) is 0 Å². The number of aliphatic carboxylic acids is 3. The van der Waals surface area contributed by atoms with E-state index in [4.69, 9.17) is 20.4 Å². The lowest BCUT2D eigenvalue weighted by Crippen LogP contribution is -2.54. The third-order valence-corrected chi connectivity index (χ3v) is 1.25. The molecule has 13 heteroatoms. The Morgan fingerprint density at radius 2 is 0.880 bits per heavy atom. The minimum absolute atomic E-state index is 0. The van der Waals surface area contributed by atoms with Crippen LogP contribution in [0.3, 0.4) is 0 Å². The summed E-state index contributed by atoms with van der Waals surface area (Å²) >= 11 is 0. The molecule has 0 bridgehead atoms. The number of rotatable bonds is 5. The third-order valence-electron chi connectivity index (χ3n) is 1.25. The summed E-state index contributed by atoms with van der Waals surface area (Å²) in [5.74, 6) is -5.98. The van der Waals surface area contributed by atoms with Crippen LogP contribution >= 0.6 is 0 Å². The highest BCUT2D eigenvalue weighted by atomic mass is 16.4. The summed E-state index contributed by atoms with van der Waals surface area (Å²) in [6.07, 6.45) is -2.72. The van der Waals surface area contributed by atoms with Crippen molar-refractivity contribution < 1.29 is 50.1 Å². The topological polar surface area (TPSA) is 311 Å². The number of carboxylic acid groups (broad SMARTS) is 3. The average Bonchev–Trinajstić information content (AvgIpc) is 2.29. The van der Waals surface area contributed by atoms with Gasteiger partial charge in [0.25, 0.3) is 0 Å². The first-order valence-electron chi connectivity index (χ1n) is 6.18. The number of aliphatic hydroxyl groups excluding tert-OH is 3. The average molecular weight is 381 g/mol. The van der Waals surface area contributed by atoms with E-state index in [2.05, 4.69) is 0 Å². The van der Waals surface area contributed by atoms with Gasteiger partial charge in [0.1, 0.15) is 5.60 Å². The zero-order valence-corrected chi connectivity index (χ0v) is 15.8. The Kier molecular flexibility index (Phi) is 52.3. The fourth-order valence-corrected chi connectivity index (χ4v) is 0.684. The van der Waals surface area contributed by atoms with Crippen molar-refractivity contribution in [2.24, 2.45) is 0 Å². The summed E-state index contributed by atoms with van der Waals surface area (Å²) in [5, 5.41) is 61.6. The molecule has 0 amide bonds. The van der Waals surface area contributed by atoms with Gasteiger partial charge in [-0.2, -0.15) is 0 Å². The maximum atomic E-state index is 10.1. The van der Waals surface area contributed by atoms with Crippen LogP contribution in [0.5, 0.6) is 0 Å². The monoisotopic (exact) mass is 381 g/mol. The summed E-state index contributed by atoms with van der Waals surface area (Å²) in [5.41, 5.74) is -2.97. The molecule has 0 aromatic heterocycles. The van der Waals surface area contributed by atoms with E-state index in [1.165, 1.54) is 0 Å². The van der Waals surface area contributed by atoms with Crippen LogP contribution < -0.4 is 33.8 Å². The van der Waals surface area contributed by atoms with Crippen molar-refractivity contribution in [1.29, 1.82) is 0 Å².